The topological polar surface area (TPSA) is 75.7 Å². The van der Waals surface area contributed by atoms with Crippen LogP contribution in [0.15, 0.2) is 83.8 Å². The average Bonchev–Trinajstić information content (AvgIpc) is 2.83. The molecule has 0 saturated heterocycles. The molecule has 1 N–H and O–H groups in total. The molecule has 0 aliphatic rings. The van der Waals surface area contributed by atoms with Crippen molar-refractivity contribution in [2.45, 2.75) is 37.2 Å². The average molecular weight is 501 g/mol. The van der Waals surface area contributed by atoms with Crippen molar-refractivity contribution >= 4 is 27.5 Å². The van der Waals surface area contributed by atoms with Crippen LogP contribution in [0.5, 0.6) is 5.75 Å². The molecule has 180 valence electrons. The lowest BCUT2D eigenvalue weighted by molar-refractivity contribution is -0.122. The van der Waals surface area contributed by atoms with E-state index >= 15 is 0 Å². The van der Waals surface area contributed by atoms with Crippen LogP contribution in [0.2, 0.25) is 5.02 Å². The van der Waals surface area contributed by atoms with Crippen molar-refractivity contribution in [1.29, 1.82) is 0 Å². The molecule has 1 amide bonds. The summed E-state index contributed by atoms with van der Waals surface area (Å²) in [7, 11) is -2.69. The molecule has 0 spiro atoms. The third kappa shape index (κ3) is 7.06. The number of aryl methyl sites for hydroxylation is 1. The first kappa shape index (κ1) is 25.7. The molecule has 0 unspecified atom stereocenters. The molecule has 0 aliphatic heterocycles. The number of hydrogen-bond acceptors (Lipinski definition) is 4. The van der Waals surface area contributed by atoms with Crippen LogP contribution >= 0.6 is 11.6 Å². The minimum atomic E-state index is -4.09. The van der Waals surface area contributed by atoms with Crippen molar-refractivity contribution < 1.29 is 17.9 Å². The summed E-state index contributed by atoms with van der Waals surface area (Å²) in [6.07, 6.45) is 1.55. The van der Waals surface area contributed by atoms with Gasteiger partial charge in [-0.3, -0.25) is 4.79 Å². The Morgan fingerprint density at radius 1 is 1.00 bits per heavy atom. The van der Waals surface area contributed by atoms with Gasteiger partial charge in [-0.15, -0.1) is 0 Å². The number of sulfonamides is 1. The van der Waals surface area contributed by atoms with Gasteiger partial charge in [-0.2, -0.15) is 4.31 Å². The van der Waals surface area contributed by atoms with E-state index in [1.807, 2.05) is 67.6 Å². The minimum Gasteiger partial charge on any atom is -0.495 e. The van der Waals surface area contributed by atoms with Crippen LogP contribution in [-0.2, 0) is 27.8 Å². The van der Waals surface area contributed by atoms with E-state index in [0.717, 1.165) is 22.7 Å². The van der Waals surface area contributed by atoms with Crippen LogP contribution in [0, 0.1) is 0 Å². The van der Waals surface area contributed by atoms with E-state index in [2.05, 4.69) is 5.32 Å². The standard InChI is InChI=1S/C26H29ClN2O4S/c1-20(13-14-21-9-5-3-6-10-21)28-26(30)19-29(18-22-11-7-4-8-12-22)34(31,32)25-17-23(27)15-16-24(25)33-2/h3-12,15-17,20H,13-14,18-19H2,1-2H3,(H,28,30)/t20-/m1/s1. The molecule has 0 radical (unpaired) electrons. The Morgan fingerprint density at radius 2 is 1.62 bits per heavy atom. The monoisotopic (exact) mass is 500 g/mol. The fourth-order valence-corrected chi connectivity index (χ4v) is 5.39. The second kappa shape index (κ2) is 12.0. The first-order valence-corrected chi connectivity index (χ1v) is 12.8. The number of hydrogen-bond donors (Lipinski definition) is 1. The van der Waals surface area contributed by atoms with Crippen molar-refractivity contribution in [3.8, 4) is 5.75 Å². The van der Waals surface area contributed by atoms with Crippen molar-refractivity contribution in [2.24, 2.45) is 0 Å². The zero-order valence-corrected chi connectivity index (χ0v) is 20.9. The second-order valence-corrected chi connectivity index (χ2v) is 10.4. The molecule has 0 bridgehead atoms. The van der Waals surface area contributed by atoms with E-state index in [0.29, 0.717) is 0 Å². The Kier molecular flexibility index (Phi) is 9.10. The molecule has 3 aromatic rings. The number of halogens is 1. The fourth-order valence-electron chi connectivity index (χ4n) is 3.58. The lowest BCUT2D eigenvalue weighted by Gasteiger charge is -2.24. The largest absolute Gasteiger partial charge is 0.495 e. The molecule has 0 fully saturated rings. The summed E-state index contributed by atoms with van der Waals surface area (Å²) in [5.41, 5.74) is 1.95. The van der Waals surface area contributed by atoms with Crippen LogP contribution in [0.1, 0.15) is 24.5 Å². The van der Waals surface area contributed by atoms with Crippen molar-refractivity contribution in [3.63, 3.8) is 0 Å². The van der Waals surface area contributed by atoms with Gasteiger partial charge in [-0.05, 0) is 49.1 Å². The highest BCUT2D eigenvalue weighted by Gasteiger charge is 2.30. The maximum Gasteiger partial charge on any atom is 0.247 e. The van der Waals surface area contributed by atoms with Crippen molar-refractivity contribution in [2.75, 3.05) is 13.7 Å². The summed E-state index contributed by atoms with van der Waals surface area (Å²) in [4.78, 5) is 12.8. The highest BCUT2D eigenvalue weighted by atomic mass is 35.5. The maximum atomic E-state index is 13.6. The Labute approximate surface area is 206 Å². The quantitative estimate of drug-likeness (QED) is 0.415. The van der Waals surface area contributed by atoms with Gasteiger partial charge in [0.15, 0.2) is 0 Å². The van der Waals surface area contributed by atoms with Crippen LogP contribution in [0.4, 0.5) is 0 Å². The number of carbonyl (C=O) groups is 1. The molecule has 0 aromatic heterocycles. The molecule has 0 aliphatic carbocycles. The van der Waals surface area contributed by atoms with Gasteiger partial charge in [0.2, 0.25) is 15.9 Å². The number of ether oxygens (including phenoxy) is 1. The van der Waals surface area contributed by atoms with E-state index in [-0.39, 0.29) is 40.7 Å². The first-order chi connectivity index (χ1) is 16.3. The van der Waals surface area contributed by atoms with E-state index in [1.165, 1.54) is 24.8 Å². The SMILES string of the molecule is COc1ccc(Cl)cc1S(=O)(=O)N(CC(=O)N[C@H](C)CCc1ccccc1)Cc1ccccc1. The number of rotatable bonds is 11. The summed E-state index contributed by atoms with van der Waals surface area (Å²) < 4.78 is 33.6. The number of benzene rings is 3. The Morgan fingerprint density at radius 3 is 2.24 bits per heavy atom. The molecule has 34 heavy (non-hydrogen) atoms. The fraction of sp³-hybridized carbons (Fsp3) is 0.269. The third-order valence-corrected chi connectivity index (χ3v) is 7.43. The second-order valence-electron chi connectivity index (χ2n) is 8.05. The van der Waals surface area contributed by atoms with Crippen LogP contribution in [-0.4, -0.2) is 38.3 Å². The van der Waals surface area contributed by atoms with Gasteiger partial charge in [0.25, 0.3) is 0 Å². The third-order valence-electron chi connectivity index (χ3n) is 5.38. The molecule has 3 aromatic carbocycles. The van der Waals surface area contributed by atoms with Gasteiger partial charge in [0, 0.05) is 17.6 Å². The van der Waals surface area contributed by atoms with Gasteiger partial charge in [0.1, 0.15) is 10.6 Å². The Balaban J connectivity index is 1.78. The smallest absolute Gasteiger partial charge is 0.247 e. The van der Waals surface area contributed by atoms with Gasteiger partial charge in [-0.25, -0.2) is 8.42 Å². The molecule has 0 heterocycles. The molecule has 8 heteroatoms. The number of carbonyl (C=O) groups excluding carboxylic acids is 1. The molecule has 0 saturated carbocycles. The highest BCUT2D eigenvalue weighted by Crippen LogP contribution is 2.30. The van der Waals surface area contributed by atoms with Crippen molar-refractivity contribution in [3.05, 3.63) is 95.0 Å². The van der Waals surface area contributed by atoms with E-state index < -0.39 is 10.0 Å². The van der Waals surface area contributed by atoms with E-state index in [9.17, 15) is 13.2 Å². The predicted octanol–water partition coefficient (Wildman–Crippen LogP) is 4.68. The normalized spacial score (nSPS) is 12.4. The maximum absolute atomic E-state index is 13.6. The van der Waals surface area contributed by atoms with Gasteiger partial charge in [-0.1, -0.05) is 72.3 Å². The summed E-state index contributed by atoms with van der Waals surface area (Å²) >= 11 is 6.09. The molecule has 6 nitrogen and oxygen atoms in total. The van der Waals surface area contributed by atoms with Crippen LogP contribution in [0.3, 0.4) is 0 Å². The molecular formula is C26H29ClN2O4S. The van der Waals surface area contributed by atoms with Crippen LogP contribution in [0.25, 0.3) is 0 Å². The zero-order chi connectivity index (χ0) is 24.6. The minimum absolute atomic E-state index is 0.0324. The summed E-state index contributed by atoms with van der Waals surface area (Å²) in [6, 6.07) is 23.4. The number of amides is 1. The first-order valence-electron chi connectivity index (χ1n) is 11.0. The van der Waals surface area contributed by atoms with Gasteiger partial charge >= 0.3 is 0 Å². The highest BCUT2D eigenvalue weighted by molar-refractivity contribution is 7.89. The van der Waals surface area contributed by atoms with Crippen molar-refractivity contribution in [1.82, 2.24) is 9.62 Å². The van der Waals surface area contributed by atoms with Gasteiger partial charge in [0.05, 0.1) is 13.7 Å². The summed E-state index contributed by atoms with van der Waals surface area (Å²) in [5, 5.41) is 3.19. The predicted molar refractivity (Wildman–Crippen MR) is 134 cm³/mol. The molecule has 3 rings (SSSR count). The van der Waals surface area contributed by atoms with Crippen LogP contribution < -0.4 is 10.1 Å². The number of nitrogens with one attached hydrogen (secondary N) is 1. The number of nitrogens with zero attached hydrogens (tertiary/aromatic N) is 1. The number of methoxy groups -OCH3 is 1. The van der Waals surface area contributed by atoms with Gasteiger partial charge < -0.3 is 10.1 Å². The Hall–Kier alpha value is -2.87. The Bertz CT molecular complexity index is 1190. The van der Waals surface area contributed by atoms with E-state index in [4.69, 9.17) is 16.3 Å². The summed E-state index contributed by atoms with van der Waals surface area (Å²) in [5.74, 6) is -0.208. The lowest BCUT2D eigenvalue weighted by atomic mass is 10.1. The lowest BCUT2D eigenvalue weighted by Crippen LogP contribution is -2.43. The molecule has 1 atom stereocenters. The zero-order valence-electron chi connectivity index (χ0n) is 19.3. The summed E-state index contributed by atoms with van der Waals surface area (Å²) in [6.45, 7) is 1.62. The van der Waals surface area contributed by atoms with E-state index in [1.54, 1.807) is 6.07 Å². The molecular weight excluding hydrogens is 472 g/mol.